The summed E-state index contributed by atoms with van der Waals surface area (Å²) in [5.74, 6) is 0.549. The second-order valence-corrected chi connectivity index (χ2v) is 5.61. The highest BCUT2D eigenvalue weighted by Gasteiger charge is 2.44. The van der Waals surface area contributed by atoms with Crippen molar-refractivity contribution in [1.29, 1.82) is 0 Å². The molecule has 0 amide bonds. The van der Waals surface area contributed by atoms with Crippen molar-refractivity contribution in [1.82, 2.24) is 9.78 Å². The van der Waals surface area contributed by atoms with Gasteiger partial charge in [0.15, 0.2) is 0 Å². The summed E-state index contributed by atoms with van der Waals surface area (Å²) in [6, 6.07) is 0.116. The lowest BCUT2D eigenvalue weighted by Gasteiger charge is -2.48. The Hall–Kier alpha value is -0.870. The first kappa shape index (κ1) is 11.2. The number of rotatable bonds is 2. The van der Waals surface area contributed by atoms with Gasteiger partial charge in [0.25, 0.3) is 0 Å². The number of hydrogen-bond donors (Lipinski definition) is 1. The summed E-state index contributed by atoms with van der Waals surface area (Å²) in [4.78, 5) is 0. The van der Waals surface area contributed by atoms with Gasteiger partial charge in [0, 0.05) is 31.5 Å². The summed E-state index contributed by atoms with van der Waals surface area (Å²) in [6.45, 7) is 0.874. The summed E-state index contributed by atoms with van der Waals surface area (Å²) in [7, 11) is 1.94. The number of nitrogens with two attached hydrogens (primary N) is 1. The van der Waals surface area contributed by atoms with Gasteiger partial charge in [0.1, 0.15) is 0 Å². The second kappa shape index (κ2) is 4.10. The third kappa shape index (κ3) is 2.00. The molecule has 2 atom stereocenters. The van der Waals surface area contributed by atoms with Crippen molar-refractivity contribution in [2.45, 2.75) is 43.7 Å². The largest absolute Gasteiger partial charge is 0.375 e. The van der Waals surface area contributed by atoms with E-state index in [1.165, 1.54) is 19.3 Å². The van der Waals surface area contributed by atoms with Crippen LogP contribution in [0.3, 0.4) is 0 Å². The number of hydrogen-bond acceptors (Lipinski definition) is 3. The van der Waals surface area contributed by atoms with E-state index in [0.717, 1.165) is 25.0 Å². The highest BCUT2D eigenvalue weighted by atomic mass is 16.5. The number of aryl methyl sites for hydroxylation is 1. The standard InChI is InChI=1S/C13H21N3O/c1-16-9-11(8-15-16)12(14)10-3-6-17-13(7-10)4-2-5-13/h8-10,12H,2-7,14H2,1H3. The Morgan fingerprint density at radius 1 is 1.59 bits per heavy atom. The second-order valence-electron chi connectivity index (χ2n) is 5.61. The van der Waals surface area contributed by atoms with Crippen LogP contribution in [-0.4, -0.2) is 22.0 Å². The van der Waals surface area contributed by atoms with E-state index < -0.39 is 0 Å². The molecule has 0 radical (unpaired) electrons. The molecule has 2 aliphatic rings. The van der Waals surface area contributed by atoms with E-state index in [9.17, 15) is 0 Å². The minimum Gasteiger partial charge on any atom is -0.375 e. The maximum absolute atomic E-state index is 6.37. The highest BCUT2D eigenvalue weighted by Crippen LogP contribution is 2.46. The lowest BCUT2D eigenvalue weighted by atomic mass is 9.70. The molecule has 1 saturated carbocycles. The third-order valence-corrected chi connectivity index (χ3v) is 4.41. The maximum atomic E-state index is 6.37. The lowest BCUT2D eigenvalue weighted by molar-refractivity contribution is -0.146. The first-order chi connectivity index (χ1) is 8.19. The Morgan fingerprint density at radius 3 is 3.00 bits per heavy atom. The summed E-state index contributed by atoms with van der Waals surface area (Å²) in [5.41, 5.74) is 7.72. The topological polar surface area (TPSA) is 53.1 Å². The molecule has 1 aromatic heterocycles. The van der Waals surface area contributed by atoms with Crippen molar-refractivity contribution < 1.29 is 4.74 Å². The Morgan fingerprint density at radius 2 is 2.41 bits per heavy atom. The van der Waals surface area contributed by atoms with Crippen LogP contribution in [0.5, 0.6) is 0 Å². The van der Waals surface area contributed by atoms with Gasteiger partial charge in [0.05, 0.1) is 11.8 Å². The molecule has 0 aromatic carbocycles. The number of nitrogens with zero attached hydrogens (tertiary/aromatic N) is 2. The van der Waals surface area contributed by atoms with Crippen molar-refractivity contribution in [2.24, 2.45) is 18.7 Å². The van der Waals surface area contributed by atoms with Gasteiger partial charge >= 0.3 is 0 Å². The molecule has 2 unspecified atom stereocenters. The zero-order valence-electron chi connectivity index (χ0n) is 10.4. The average Bonchev–Trinajstić information content (AvgIpc) is 2.73. The van der Waals surface area contributed by atoms with Crippen LogP contribution in [-0.2, 0) is 11.8 Å². The quantitative estimate of drug-likeness (QED) is 0.850. The zero-order valence-corrected chi connectivity index (χ0v) is 10.4. The van der Waals surface area contributed by atoms with Crippen molar-refractivity contribution >= 4 is 0 Å². The Kier molecular flexibility index (Phi) is 2.71. The molecule has 1 saturated heterocycles. The van der Waals surface area contributed by atoms with Crippen LogP contribution in [0.25, 0.3) is 0 Å². The fourth-order valence-corrected chi connectivity index (χ4v) is 3.18. The molecule has 3 rings (SSSR count). The van der Waals surface area contributed by atoms with Crippen LogP contribution in [0.15, 0.2) is 12.4 Å². The van der Waals surface area contributed by atoms with Gasteiger partial charge in [-0.2, -0.15) is 5.10 Å². The van der Waals surface area contributed by atoms with Crippen molar-refractivity contribution in [3.63, 3.8) is 0 Å². The monoisotopic (exact) mass is 235 g/mol. The molecule has 17 heavy (non-hydrogen) atoms. The highest BCUT2D eigenvalue weighted by molar-refractivity contribution is 5.12. The molecular weight excluding hydrogens is 214 g/mol. The van der Waals surface area contributed by atoms with Gasteiger partial charge < -0.3 is 10.5 Å². The fraction of sp³-hybridized carbons (Fsp3) is 0.769. The molecule has 1 aliphatic heterocycles. The van der Waals surface area contributed by atoms with Gasteiger partial charge in [-0.05, 0) is 38.0 Å². The van der Waals surface area contributed by atoms with Crippen LogP contribution >= 0.6 is 0 Å². The van der Waals surface area contributed by atoms with Crippen LogP contribution < -0.4 is 5.73 Å². The Bertz CT molecular complexity index is 397. The van der Waals surface area contributed by atoms with Crippen LogP contribution in [0.4, 0.5) is 0 Å². The molecule has 4 heteroatoms. The van der Waals surface area contributed by atoms with Crippen molar-refractivity contribution in [3.05, 3.63) is 18.0 Å². The van der Waals surface area contributed by atoms with E-state index in [-0.39, 0.29) is 11.6 Å². The first-order valence-electron chi connectivity index (χ1n) is 6.57. The molecule has 1 aliphatic carbocycles. The van der Waals surface area contributed by atoms with E-state index >= 15 is 0 Å². The van der Waals surface area contributed by atoms with Gasteiger partial charge in [-0.25, -0.2) is 0 Å². The predicted molar refractivity (Wildman–Crippen MR) is 65.4 cm³/mol. The first-order valence-corrected chi connectivity index (χ1v) is 6.57. The molecule has 2 N–H and O–H groups in total. The summed E-state index contributed by atoms with van der Waals surface area (Å²) in [5, 5.41) is 4.21. The fourth-order valence-electron chi connectivity index (χ4n) is 3.18. The Labute approximate surface area is 102 Å². The normalized spacial score (nSPS) is 28.9. The lowest BCUT2D eigenvalue weighted by Crippen LogP contribution is -2.47. The third-order valence-electron chi connectivity index (χ3n) is 4.41. The molecule has 94 valence electrons. The summed E-state index contributed by atoms with van der Waals surface area (Å²) < 4.78 is 7.77. The Balaban J connectivity index is 1.71. The van der Waals surface area contributed by atoms with E-state index in [1.54, 1.807) is 0 Å². The van der Waals surface area contributed by atoms with Crippen LogP contribution in [0.2, 0.25) is 0 Å². The van der Waals surface area contributed by atoms with E-state index in [1.807, 2.05) is 24.1 Å². The molecule has 4 nitrogen and oxygen atoms in total. The minimum atomic E-state index is 0.116. The smallest absolute Gasteiger partial charge is 0.0686 e. The van der Waals surface area contributed by atoms with Gasteiger partial charge in [-0.15, -0.1) is 0 Å². The van der Waals surface area contributed by atoms with Crippen LogP contribution in [0, 0.1) is 5.92 Å². The van der Waals surface area contributed by atoms with E-state index in [2.05, 4.69) is 5.10 Å². The molecule has 1 aromatic rings. The van der Waals surface area contributed by atoms with Gasteiger partial charge in [0.2, 0.25) is 0 Å². The van der Waals surface area contributed by atoms with Crippen molar-refractivity contribution in [2.75, 3.05) is 6.61 Å². The van der Waals surface area contributed by atoms with E-state index in [0.29, 0.717) is 5.92 Å². The zero-order chi connectivity index (χ0) is 11.9. The summed E-state index contributed by atoms with van der Waals surface area (Å²) >= 11 is 0. The number of ether oxygens (including phenoxy) is 1. The minimum absolute atomic E-state index is 0.116. The van der Waals surface area contributed by atoms with Crippen LogP contribution in [0.1, 0.15) is 43.7 Å². The molecule has 2 heterocycles. The molecular formula is C13H21N3O. The predicted octanol–water partition coefficient (Wildman–Crippen LogP) is 1.77. The average molecular weight is 235 g/mol. The van der Waals surface area contributed by atoms with Gasteiger partial charge in [-0.3, -0.25) is 4.68 Å². The molecule has 0 bridgehead atoms. The SMILES string of the molecule is Cn1cc(C(N)C2CCOC3(CCC3)C2)cn1. The summed E-state index contributed by atoms with van der Waals surface area (Å²) in [6.07, 6.45) is 9.91. The maximum Gasteiger partial charge on any atom is 0.0686 e. The van der Waals surface area contributed by atoms with Crippen molar-refractivity contribution in [3.8, 4) is 0 Å². The van der Waals surface area contributed by atoms with E-state index in [4.69, 9.17) is 10.5 Å². The number of aromatic nitrogens is 2. The molecule has 1 spiro atoms. The molecule has 2 fully saturated rings. The van der Waals surface area contributed by atoms with Gasteiger partial charge in [-0.1, -0.05) is 0 Å².